The summed E-state index contributed by atoms with van der Waals surface area (Å²) in [7, 11) is -8.45. The zero-order chi connectivity index (χ0) is 62.8. The Bertz CT molecular complexity index is 2880. The number of hydrogen-bond acceptors (Lipinski definition) is 8. The van der Waals surface area contributed by atoms with Crippen molar-refractivity contribution in [2.24, 2.45) is 0 Å². The molecule has 0 aliphatic heterocycles. The maximum atomic E-state index is 14.7. The highest BCUT2D eigenvalue weighted by atomic mass is 32.2. The molecule has 0 saturated carbocycles. The van der Waals surface area contributed by atoms with Crippen LogP contribution in [0.15, 0.2) is 107 Å². The second-order valence-corrected chi connectivity index (χ2v) is 35.1. The Morgan fingerprint density at radius 2 is 0.422 bits per heavy atom. The first-order valence-electron chi connectivity index (χ1n) is 29.3. The second kappa shape index (κ2) is 23.7. The van der Waals surface area contributed by atoms with Gasteiger partial charge in [-0.05, 0) is 120 Å². The van der Waals surface area contributed by atoms with Crippen molar-refractivity contribution < 1.29 is 35.6 Å². The van der Waals surface area contributed by atoms with Gasteiger partial charge < -0.3 is 27.1 Å². The van der Waals surface area contributed by atoms with Gasteiger partial charge >= 0.3 is 17.2 Å². The monoisotopic (exact) mass is 1190 g/mol. The van der Waals surface area contributed by atoms with Gasteiger partial charge in [0.05, 0.1) is 9.79 Å². The Morgan fingerprint density at radius 3 is 0.566 bits per heavy atom. The van der Waals surface area contributed by atoms with Gasteiger partial charge in [-0.2, -0.15) is 0 Å². The predicted molar refractivity (Wildman–Crippen MR) is 350 cm³/mol. The molecule has 0 aliphatic rings. The molecular formula is C72H100O8P2S. The van der Waals surface area contributed by atoms with E-state index in [1.165, 1.54) is 0 Å². The summed E-state index contributed by atoms with van der Waals surface area (Å²) in [5.74, 6) is 3.68. The van der Waals surface area contributed by atoms with E-state index < -0.39 is 27.0 Å². The minimum absolute atomic E-state index is 0.0957. The van der Waals surface area contributed by atoms with E-state index in [0.717, 1.165) is 89.8 Å². The lowest BCUT2D eigenvalue weighted by Gasteiger charge is -2.33. The van der Waals surface area contributed by atoms with Gasteiger partial charge in [-0.15, -0.1) is 0 Å². The average molecular weight is 1190 g/mol. The van der Waals surface area contributed by atoms with Gasteiger partial charge in [-0.25, -0.2) is 8.42 Å². The third kappa shape index (κ3) is 16.3. The number of rotatable bonds is 14. The SMILES string of the molecule is Cc1cc(C(C)(C)C)c(OP(Oc2ccc(S(=O)(=O)c3ccc(OP(Oc4c(C(C)(C)C)cc(C)cc4C(C)(C)C)Oc4c(C(C)(C)C)cc(C)cc4C(C)(C)C)cc3)cc2)Oc2c(C(C)(C)C)cc(C)cc2C(C)(C)C)c(C(C)(C)C)c1. The van der Waals surface area contributed by atoms with Crippen molar-refractivity contribution in [3.63, 3.8) is 0 Å². The third-order valence-electron chi connectivity index (χ3n) is 14.7. The van der Waals surface area contributed by atoms with Crippen LogP contribution in [-0.4, -0.2) is 8.42 Å². The molecule has 0 amide bonds. The highest BCUT2D eigenvalue weighted by Gasteiger charge is 2.38. The minimum atomic E-state index is -4.04. The Kier molecular flexibility index (Phi) is 19.1. The Balaban J connectivity index is 1.42. The molecule has 0 saturated heterocycles. The Labute approximate surface area is 505 Å². The lowest BCUT2D eigenvalue weighted by molar-refractivity contribution is 0.364. The van der Waals surface area contributed by atoms with Crippen LogP contribution in [0, 0.1) is 27.7 Å². The van der Waals surface area contributed by atoms with Crippen molar-refractivity contribution in [3.8, 4) is 34.5 Å². The predicted octanol–water partition coefficient (Wildman–Crippen LogP) is 21.7. The van der Waals surface area contributed by atoms with E-state index in [-0.39, 0.29) is 53.1 Å². The first-order valence-corrected chi connectivity index (χ1v) is 33.0. The van der Waals surface area contributed by atoms with Gasteiger partial charge in [0.15, 0.2) is 0 Å². The maximum Gasteiger partial charge on any atom is 0.530 e. The average Bonchev–Trinajstić information content (AvgIpc) is 2.48. The standard InChI is InChI=1S/C72H100O8P2S/c1-45-37-53(65(5,6)7)61(54(38-45)66(8,9)10)77-81(78-62-55(67(11,12)13)39-46(2)40-56(62)68(14,15)16)75-49-29-33-51(34-30-49)83(73,74)52-35-31-50(32-36-52)76-82(79-63-57(69(17,18)19)41-47(3)42-58(63)70(20,21)22)80-64-59(71(23,24)25)43-48(4)44-60(64)72(26,27)28/h29-44H,1-28H3. The fourth-order valence-electron chi connectivity index (χ4n) is 10.0. The molecule has 0 heterocycles. The van der Waals surface area contributed by atoms with Crippen LogP contribution in [0.3, 0.4) is 0 Å². The highest BCUT2D eigenvalue weighted by Crippen LogP contribution is 2.55. The summed E-state index contributed by atoms with van der Waals surface area (Å²) in [5.41, 5.74) is 10.6. The van der Waals surface area contributed by atoms with Gasteiger partial charge in [0.1, 0.15) is 34.5 Å². The number of benzene rings is 6. The third-order valence-corrected chi connectivity index (χ3v) is 18.5. The summed E-state index contributed by atoms with van der Waals surface area (Å²) in [5, 5.41) is 0. The van der Waals surface area contributed by atoms with E-state index in [2.05, 4.69) is 242 Å². The van der Waals surface area contributed by atoms with Crippen molar-refractivity contribution in [3.05, 3.63) is 164 Å². The van der Waals surface area contributed by atoms with E-state index in [1.54, 1.807) is 48.5 Å². The Morgan fingerprint density at radius 1 is 0.265 bits per heavy atom. The molecule has 0 N–H and O–H groups in total. The van der Waals surface area contributed by atoms with Crippen molar-refractivity contribution in [1.82, 2.24) is 0 Å². The highest BCUT2D eigenvalue weighted by molar-refractivity contribution is 7.91. The molecule has 6 rings (SSSR count). The maximum absolute atomic E-state index is 14.7. The van der Waals surface area contributed by atoms with Crippen LogP contribution in [0.2, 0.25) is 0 Å². The van der Waals surface area contributed by atoms with Gasteiger partial charge in [0.2, 0.25) is 9.84 Å². The van der Waals surface area contributed by atoms with Crippen molar-refractivity contribution in [2.45, 2.75) is 247 Å². The van der Waals surface area contributed by atoms with Crippen LogP contribution in [0.5, 0.6) is 34.5 Å². The normalized spacial score (nSPS) is 13.4. The Hall–Kier alpha value is -5.07. The fraction of sp³-hybridized carbons (Fsp3) is 0.500. The van der Waals surface area contributed by atoms with Gasteiger partial charge in [0.25, 0.3) is 0 Å². The largest absolute Gasteiger partial charge is 0.530 e. The molecule has 0 unspecified atom stereocenters. The fourth-order valence-corrected chi connectivity index (χ4v) is 13.5. The molecule has 6 aromatic rings. The van der Waals surface area contributed by atoms with Crippen molar-refractivity contribution >= 4 is 27.0 Å². The summed E-state index contributed by atoms with van der Waals surface area (Å²) in [6.07, 6.45) is 0. The number of aryl methyl sites for hydroxylation is 4. The van der Waals surface area contributed by atoms with Gasteiger partial charge in [0, 0.05) is 44.5 Å². The van der Waals surface area contributed by atoms with Crippen LogP contribution < -0.4 is 27.1 Å². The van der Waals surface area contributed by atoms with E-state index in [4.69, 9.17) is 27.1 Å². The molecule has 0 aliphatic carbocycles. The molecule has 452 valence electrons. The summed E-state index contributed by atoms with van der Waals surface area (Å²) in [6, 6.07) is 30.5. The van der Waals surface area contributed by atoms with E-state index in [0.29, 0.717) is 11.5 Å². The molecule has 0 bridgehead atoms. The molecule has 0 radical (unpaired) electrons. The summed E-state index contributed by atoms with van der Waals surface area (Å²) in [4.78, 5) is 0.191. The topological polar surface area (TPSA) is 89.5 Å². The van der Waals surface area contributed by atoms with E-state index in [9.17, 15) is 8.42 Å². The lowest BCUT2D eigenvalue weighted by atomic mass is 9.78. The quantitative estimate of drug-likeness (QED) is 0.0997. The molecule has 6 aromatic carbocycles. The summed E-state index contributed by atoms with van der Waals surface area (Å²) in [6.45, 7) is 61.0. The van der Waals surface area contributed by atoms with Crippen LogP contribution >= 0.6 is 17.2 Å². The van der Waals surface area contributed by atoms with E-state index >= 15 is 0 Å². The van der Waals surface area contributed by atoms with Crippen molar-refractivity contribution in [2.75, 3.05) is 0 Å². The summed E-state index contributed by atoms with van der Waals surface area (Å²) >= 11 is 0. The molecule has 0 fully saturated rings. The van der Waals surface area contributed by atoms with Gasteiger partial charge in [-0.3, -0.25) is 0 Å². The minimum Gasteiger partial charge on any atom is -0.409 e. The van der Waals surface area contributed by atoms with Crippen LogP contribution in [0.1, 0.15) is 233 Å². The summed E-state index contributed by atoms with van der Waals surface area (Å²) < 4.78 is 71.8. The van der Waals surface area contributed by atoms with Crippen LogP contribution in [-0.2, 0) is 53.2 Å². The molecule has 0 aromatic heterocycles. The van der Waals surface area contributed by atoms with Gasteiger partial charge in [-0.1, -0.05) is 237 Å². The second-order valence-electron chi connectivity index (χ2n) is 31.2. The molecular weight excluding hydrogens is 1090 g/mol. The first-order chi connectivity index (χ1) is 37.6. The molecule has 8 nitrogen and oxygen atoms in total. The van der Waals surface area contributed by atoms with Crippen LogP contribution in [0.4, 0.5) is 0 Å². The molecule has 83 heavy (non-hydrogen) atoms. The molecule has 0 spiro atoms. The zero-order valence-corrected chi connectivity index (χ0v) is 58.4. The number of hydrogen-bond donors (Lipinski definition) is 0. The smallest absolute Gasteiger partial charge is 0.409 e. The molecule has 0 atom stereocenters. The van der Waals surface area contributed by atoms with Crippen LogP contribution in [0.25, 0.3) is 0 Å². The number of sulfone groups is 1. The molecule has 11 heteroatoms. The lowest BCUT2D eigenvalue weighted by Crippen LogP contribution is -2.22. The van der Waals surface area contributed by atoms with E-state index in [1.807, 2.05) is 0 Å². The van der Waals surface area contributed by atoms with Crippen molar-refractivity contribution in [1.29, 1.82) is 0 Å². The first kappa shape index (κ1) is 67.1. The zero-order valence-electron chi connectivity index (χ0n) is 55.8.